The van der Waals surface area contributed by atoms with Crippen molar-refractivity contribution in [3.63, 3.8) is 0 Å². The summed E-state index contributed by atoms with van der Waals surface area (Å²) in [5.74, 6) is 0.0329. The zero-order valence-electron chi connectivity index (χ0n) is 8.53. The summed E-state index contributed by atoms with van der Waals surface area (Å²) in [5, 5.41) is 0. The molecular formula is C10H14ClNO2S. The van der Waals surface area contributed by atoms with Crippen molar-refractivity contribution in [3.8, 4) is 0 Å². The molecule has 0 bridgehead atoms. The number of Topliss-reactive ketones (excluding diaryl/α,β-unsaturated/α-hetero) is 1. The van der Waals surface area contributed by atoms with Gasteiger partial charge in [-0.1, -0.05) is 11.6 Å². The largest absolute Gasteiger partial charge is 0.385 e. The van der Waals surface area contributed by atoms with E-state index in [0.717, 1.165) is 4.88 Å². The van der Waals surface area contributed by atoms with E-state index in [9.17, 15) is 4.79 Å². The van der Waals surface area contributed by atoms with Gasteiger partial charge in [0.1, 0.15) is 0 Å². The Bertz CT molecular complexity index is 327. The second kappa shape index (κ2) is 6.23. The number of hydrogen-bond acceptors (Lipinski definition) is 4. The maximum absolute atomic E-state index is 11.6. The summed E-state index contributed by atoms with van der Waals surface area (Å²) in [5.41, 5.74) is 5.70. The number of ketones is 1. The van der Waals surface area contributed by atoms with E-state index in [1.807, 2.05) is 6.07 Å². The fraction of sp³-hybridized carbons (Fsp3) is 0.500. The Morgan fingerprint density at radius 3 is 2.93 bits per heavy atom. The van der Waals surface area contributed by atoms with Crippen LogP contribution >= 0.6 is 22.9 Å². The minimum atomic E-state index is -0.439. The maximum Gasteiger partial charge on any atom is 0.154 e. The monoisotopic (exact) mass is 247 g/mol. The lowest BCUT2D eigenvalue weighted by molar-refractivity contribution is -0.120. The first-order chi connectivity index (χ1) is 7.13. The molecule has 0 fully saturated rings. The highest BCUT2D eigenvalue weighted by atomic mass is 35.5. The summed E-state index contributed by atoms with van der Waals surface area (Å²) in [6.07, 6.45) is 0.927. The van der Waals surface area contributed by atoms with Gasteiger partial charge in [-0.3, -0.25) is 4.79 Å². The van der Waals surface area contributed by atoms with Gasteiger partial charge in [0, 0.05) is 25.0 Å². The highest BCUT2D eigenvalue weighted by molar-refractivity contribution is 7.16. The fourth-order valence-corrected chi connectivity index (χ4v) is 2.25. The molecule has 5 heteroatoms. The molecule has 0 aromatic carbocycles. The molecule has 0 saturated heterocycles. The molecule has 1 heterocycles. The molecule has 0 aliphatic heterocycles. The lowest BCUT2D eigenvalue weighted by Gasteiger charge is -2.08. The predicted octanol–water partition coefficient (Wildman–Crippen LogP) is 1.88. The normalized spacial score (nSPS) is 12.7. The molecule has 0 saturated carbocycles. The summed E-state index contributed by atoms with van der Waals surface area (Å²) in [7, 11) is 1.59. The van der Waals surface area contributed by atoms with E-state index < -0.39 is 6.04 Å². The number of thiophene rings is 1. The Morgan fingerprint density at radius 1 is 1.67 bits per heavy atom. The van der Waals surface area contributed by atoms with Crippen LogP contribution in [0.5, 0.6) is 0 Å². The summed E-state index contributed by atoms with van der Waals surface area (Å²) in [4.78, 5) is 12.6. The van der Waals surface area contributed by atoms with E-state index in [0.29, 0.717) is 23.8 Å². The molecule has 0 amide bonds. The van der Waals surface area contributed by atoms with Crippen molar-refractivity contribution in [2.45, 2.75) is 18.9 Å². The summed E-state index contributed by atoms with van der Waals surface area (Å²) in [6, 6.07) is 3.20. The second-order valence-electron chi connectivity index (χ2n) is 3.24. The van der Waals surface area contributed by atoms with E-state index in [-0.39, 0.29) is 5.78 Å². The number of ether oxygens (including phenoxy) is 1. The molecule has 1 aromatic rings. The minimum absolute atomic E-state index is 0.0329. The molecule has 1 atom stereocenters. The van der Waals surface area contributed by atoms with Crippen LogP contribution in [0.4, 0.5) is 0 Å². The first-order valence-corrected chi connectivity index (χ1v) is 5.84. The van der Waals surface area contributed by atoms with Crippen LogP contribution in [0.1, 0.15) is 11.3 Å². The van der Waals surface area contributed by atoms with Crippen LogP contribution in [0.25, 0.3) is 0 Å². The number of nitrogens with two attached hydrogens (primary N) is 1. The molecule has 1 rings (SSSR count). The van der Waals surface area contributed by atoms with Crippen LogP contribution in [0, 0.1) is 0 Å². The van der Waals surface area contributed by atoms with Gasteiger partial charge in [0.2, 0.25) is 0 Å². The van der Waals surface area contributed by atoms with Crippen LogP contribution in [0.3, 0.4) is 0 Å². The number of halogens is 1. The Hall–Kier alpha value is -0.420. The van der Waals surface area contributed by atoms with E-state index in [1.165, 1.54) is 11.3 Å². The molecule has 0 spiro atoms. The van der Waals surface area contributed by atoms with Crippen molar-refractivity contribution in [2.24, 2.45) is 5.73 Å². The van der Waals surface area contributed by atoms with Gasteiger partial charge in [0.25, 0.3) is 0 Å². The van der Waals surface area contributed by atoms with E-state index >= 15 is 0 Å². The standard InChI is InChI=1S/C10H14ClNO2S/c1-14-5-4-8(12)9(13)6-7-2-3-10(11)15-7/h2-3,8H,4-6,12H2,1H3. The predicted molar refractivity (Wildman–Crippen MR) is 62.5 cm³/mol. The molecule has 0 aliphatic carbocycles. The van der Waals surface area contributed by atoms with Crippen molar-refractivity contribution in [2.75, 3.05) is 13.7 Å². The molecule has 1 aromatic heterocycles. The van der Waals surface area contributed by atoms with Crippen LogP contribution < -0.4 is 5.73 Å². The van der Waals surface area contributed by atoms with Gasteiger partial charge >= 0.3 is 0 Å². The van der Waals surface area contributed by atoms with Gasteiger partial charge in [0.05, 0.1) is 10.4 Å². The van der Waals surface area contributed by atoms with Crippen LogP contribution in [-0.2, 0) is 16.0 Å². The SMILES string of the molecule is COCCC(N)C(=O)Cc1ccc(Cl)s1. The van der Waals surface area contributed by atoms with Gasteiger partial charge in [-0.15, -0.1) is 11.3 Å². The van der Waals surface area contributed by atoms with Crippen molar-refractivity contribution in [3.05, 3.63) is 21.3 Å². The minimum Gasteiger partial charge on any atom is -0.385 e. The summed E-state index contributed by atoms with van der Waals surface area (Å²) >= 11 is 7.18. The fourth-order valence-electron chi connectivity index (χ4n) is 1.16. The highest BCUT2D eigenvalue weighted by Gasteiger charge is 2.14. The Balaban J connectivity index is 2.41. The zero-order valence-corrected chi connectivity index (χ0v) is 10.1. The molecule has 15 heavy (non-hydrogen) atoms. The second-order valence-corrected chi connectivity index (χ2v) is 5.04. The lowest BCUT2D eigenvalue weighted by atomic mass is 10.1. The van der Waals surface area contributed by atoms with Crippen molar-refractivity contribution >= 4 is 28.7 Å². The summed E-state index contributed by atoms with van der Waals surface area (Å²) < 4.78 is 5.56. The molecule has 0 aliphatic rings. The number of methoxy groups -OCH3 is 1. The van der Waals surface area contributed by atoms with Gasteiger partial charge < -0.3 is 10.5 Å². The van der Waals surface area contributed by atoms with Crippen molar-refractivity contribution < 1.29 is 9.53 Å². The summed E-state index contributed by atoms with van der Waals surface area (Å²) in [6.45, 7) is 0.512. The average molecular weight is 248 g/mol. The first kappa shape index (κ1) is 12.6. The third kappa shape index (κ3) is 4.30. The molecular weight excluding hydrogens is 234 g/mol. The topological polar surface area (TPSA) is 52.3 Å². The first-order valence-electron chi connectivity index (χ1n) is 4.65. The number of hydrogen-bond donors (Lipinski definition) is 1. The van der Waals surface area contributed by atoms with Gasteiger partial charge in [-0.25, -0.2) is 0 Å². The average Bonchev–Trinajstić information content (AvgIpc) is 2.60. The van der Waals surface area contributed by atoms with E-state index in [4.69, 9.17) is 22.1 Å². The van der Waals surface area contributed by atoms with Crippen LogP contribution in [-0.4, -0.2) is 25.5 Å². The Kier molecular flexibility index (Phi) is 5.25. The maximum atomic E-state index is 11.6. The van der Waals surface area contributed by atoms with Gasteiger partial charge in [-0.05, 0) is 18.6 Å². The van der Waals surface area contributed by atoms with Crippen molar-refractivity contribution in [1.82, 2.24) is 0 Å². The molecule has 84 valence electrons. The smallest absolute Gasteiger partial charge is 0.154 e. The third-order valence-corrected chi connectivity index (χ3v) is 3.25. The van der Waals surface area contributed by atoms with Crippen LogP contribution in [0.15, 0.2) is 12.1 Å². The Morgan fingerprint density at radius 2 is 2.40 bits per heavy atom. The molecule has 1 unspecified atom stereocenters. The van der Waals surface area contributed by atoms with E-state index in [2.05, 4.69) is 0 Å². The van der Waals surface area contributed by atoms with Crippen molar-refractivity contribution in [1.29, 1.82) is 0 Å². The molecule has 0 radical (unpaired) electrons. The number of rotatable bonds is 6. The van der Waals surface area contributed by atoms with Crippen LogP contribution in [0.2, 0.25) is 4.34 Å². The molecule has 3 nitrogen and oxygen atoms in total. The van der Waals surface area contributed by atoms with Gasteiger partial charge in [0.15, 0.2) is 5.78 Å². The quantitative estimate of drug-likeness (QED) is 0.835. The Labute approximate surface area is 98.2 Å². The van der Waals surface area contributed by atoms with Gasteiger partial charge in [-0.2, -0.15) is 0 Å². The zero-order chi connectivity index (χ0) is 11.3. The third-order valence-electron chi connectivity index (χ3n) is 2.02. The molecule has 2 N–H and O–H groups in total. The lowest BCUT2D eigenvalue weighted by Crippen LogP contribution is -2.32. The highest BCUT2D eigenvalue weighted by Crippen LogP contribution is 2.22. The number of carbonyl (C=O) groups excluding carboxylic acids is 1. The van der Waals surface area contributed by atoms with E-state index in [1.54, 1.807) is 13.2 Å². The number of carbonyl (C=O) groups is 1.